The summed E-state index contributed by atoms with van der Waals surface area (Å²) in [5, 5.41) is 8.67. The number of hydrogen-bond donors (Lipinski definition) is 1. The molecule has 102 valence electrons. The van der Waals surface area contributed by atoms with E-state index in [4.69, 9.17) is 5.11 Å². The van der Waals surface area contributed by atoms with Crippen LogP contribution in [0, 0.1) is 17.8 Å². The fourth-order valence-electron chi connectivity index (χ4n) is 2.41. The summed E-state index contributed by atoms with van der Waals surface area (Å²) in [6.07, 6.45) is 2.28. The highest BCUT2D eigenvalue weighted by Crippen LogP contribution is 2.26. The molecule has 1 aromatic rings. The molecule has 2 unspecified atom stereocenters. The molecule has 1 fully saturated rings. The van der Waals surface area contributed by atoms with E-state index >= 15 is 0 Å². The summed E-state index contributed by atoms with van der Waals surface area (Å²) in [6.45, 7) is 5.03. The Hall–Kier alpha value is -1.31. The van der Waals surface area contributed by atoms with Crippen LogP contribution in [-0.4, -0.2) is 35.1 Å². The number of amides is 1. The van der Waals surface area contributed by atoms with Crippen LogP contribution in [0.1, 0.15) is 41.2 Å². The second-order valence-electron chi connectivity index (χ2n) is 4.98. The lowest BCUT2D eigenvalue weighted by molar-refractivity contribution is 0.0556. The van der Waals surface area contributed by atoms with Crippen LogP contribution in [0.5, 0.6) is 0 Å². The Morgan fingerprint density at radius 3 is 3.05 bits per heavy atom. The Labute approximate surface area is 118 Å². The predicted molar refractivity (Wildman–Crippen MR) is 77.2 cm³/mol. The number of likely N-dealkylation sites (tertiary alicyclic amines) is 1. The van der Waals surface area contributed by atoms with Crippen LogP contribution in [0.2, 0.25) is 0 Å². The lowest BCUT2D eigenvalue weighted by Gasteiger charge is -2.37. The van der Waals surface area contributed by atoms with E-state index in [-0.39, 0.29) is 12.5 Å². The summed E-state index contributed by atoms with van der Waals surface area (Å²) in [6, 6.07) is 3.98. The zero-order chi connectivity index (χ0) is 13.8. The first-order valence-electron chi connectivity index (χ1n) is 6.64. The van der Waals surface area contributed by atoms with Crippen molar-refractivity contribution in [2.45, 2.75) is 32.7 Å². The minimum absolute atomic E-state index is 0.112. The normalized spacial score (nSPS) is 22.8. The molecular weight excluding hydrogens is 258 g/mol. The summed E-state index contributed by atoms with van der Waals surface area (Å²) in [5.41, 5.74) is 0. The minimum atomic E-state index is -0.151. The van der Waals surface area contributed by atoms with Crippen LogP contribution >= 0.6 is 11.3 Å². The summed E-state index contributed by atoms with van der Waals surface area (Å²) < 4.78 is 0. The first kappa shape index (κ1) is 14.1. The van der Waals surface area contributed by atoms with Crippen molar-refractivity contribution in [3.05, 3.63) is 21.9 Å². The molecular formula is C15H19NO2S. The second kappa shape index (κ2) is 6.23. The first-order valence-corrected chi connectivity index (χ1v) is 7.45. The zero-order valence-electron chi connectivity index (χ0n) is 11.3. The molecule has 1 N–H and O–H groups in total. The second-order valence-corrected chi connectivity index (χ2v) is 6.07. The molecule has 0 aliphatic carbocycles. The quantitative estimate of drug-likeness (QED) is 0.801. The first-order chi connectivity index (χ1) is 9.13. The lowest BCUT2D eigenvalue weighted by atomic mass is 9.92. The highest BCUT2D eigenvalue weighted by Gasteiger charge is 2.29. The molecule has 0 saturated carbocycles. The number of piperidine rings is 1. The Balaban J connectivity index is 2.12. The molecule has 2 rings (SSSR count). The average molecular weight is 277 g/mol. The Morgan fingerprint density at radius 2 is 2.32 bits per heavy atom. The topological polar surface area (TPSA) is 40.5 Å². The van der Waals surface area contributed by atoms with E-state index < -0.39 is 0 Å². The standard InChI is InChI=1S/C15H19NO2S/c1-11-5-3-9-16(12(11)2)15(18)14-8-7-13(19-14)6-4-10-17/h7-8,11-12,17H,3,5,9-10H2,1-2H3. The molecule has 0 aromatic carbocycles. The van der Waals surface area contributed by atoms with Crippen LogP contribution in [0.15, 0.2) is 12.1 Å². The van der Waals surface area contributed by atoms with Crippen molar-refractivity contribution in [2.24, 2.45) is 5.92 Å². The van der Waals surface area contributed by atoms with Gasteiger partial charge in [0.1, 0.15) is 6.61 Å². The molecule has 3 nitrogen and oxygen atoms in total. The number of thiophene rings is 1. The number of aliphatic hydroxyl groups is 1. The van der Waals surface area contributed by atoms with Gasteiger partial charge in [-0.3, -0.25) is 4.79 Å². The molecule has 4 heteroatoms. The molecule has 0 bridgehead atoms. The van der Waals surface area contributed by atoms with Crippen molar-refractivity contribution >= 4 is 17.2 Å². The van der Waals surface area contributed by atoms with Crippen molar-refractivity contribution in [1.82, 2.24) is 4.90 Å². The van der Waals surface area contributed by atoms with E-state index in [1.165, 1.54) is 17.8 Å². The van der Waals surface area contributed by atoms with E-state index in [0.717, 1.165) is 22.7 Å². The van der Waals surface area contributed by atoms with Crippen LogP contribution in [-0.2, 0) is 0 Å². The van der Waals surface area contributed by atoms with Crippen molar-refractivity contribution < 1.29 is 9.90 Å². The predicted octanol–water partition coefficient (Wildman–Crippen LogP) is 2.35. The molecule has 2 atom stereocenters. The van der Waals surface area contributed by atoms with Gasteiger partial charge in [0.25, 0.3) is 5.91 Å². The molecule has 1 aliphatic heterocycles. The lowest BCUT2D eigenvalue weighted by Crippen LogP contribution is -2.45. The highest BCUT2D eigenvalue weighted by molar-refractivity contribution is 7.14. The van der Waals surface area contributed by atoms with E-state index in [1.54, 1.807) is 0 Å². The number of nitrogens with zero attached hydrogens (tertiary/aromatic N) is 1. The van der Waals surface area contributed by atoms with Crippen molar-refractivity contribution in [3.63, 3.8) is 0 Å². The van der Waals surface area contributed by atoms with Crippen molar-refractivity contribution in [3.8, 4) is 11.8 Å². The number of carbonyl (C=O) groups is 1. The fraction of sp³-hybridized carbons (Fsp3) is 0.533. The van der Waals surface area contributed by atoms with Gasteiger partial charge in [0.2, 0.25) is 0 Å². The van der Waals surface area contributed by atoms with Gasteiger partial charge in [-0.25, -0.2) is 0 Å². The third-order valence-corrected chi connectivity index (χ3v) is 4.73. The van der Waals surface area contributed by atoms with Gasteiger partial charge in [0, 0.05) is 12.6 Å². The van der Waals surface area contributed by atoms with Crippen LogP contribution in [0.3, 0.4) is 0 Å². The average Bonchev–Trinajstić information content (AvgIpc) is 2.87. The Morgan fingerprint density at radius 1 is 1.53 bits per heavy atom. The summed E-state index contributed by atoms with van der Waals surface area (Å²) >= 11 is 1.40. The van der Waals surface area contributed by atoms with E-state index in [2.05, 4.69) is 25.7 Å². The third-order valence-electron chi connectivity index (χ3n) is 3.74. The largest absolute Gasteiger partial charge is 0.384 e. The summed E-state index contributed by atoms with van der Waals surface area (Å²) in [7, 11) is 0. The molecule has 1 amide bonds. The van der Waals surface area contributed by atoms with E-state index in [1.807, 2.05) is 17.0 Å². The maximum atomic E-state index is 12.5. The molecule has 0 radical (unpaired) electrons. The van der Waals surface area contributed by atoms with Gasteiger partial charge < -0.3 is 10.0 Å². The molecule has 1 aliphatic rings. The third kappa shape index (κ3) is 3.17. The molecule has 1 saturated heterocycles. The number of carbonyl (C=O) groups excluding carboxylic acids is 1. The van der Waals surface area contributed by atoms with Gasteiger partial charge in [0.15, 0.2) is 0 Å². The monoisotopic (exact) mass is 277 g/mol. The van der Waals surface area contributed by atoms with Crippen LogP contribution in [0.25, 0.3) is 0 Å². The summed E-state index contributed by atoms with van der Waals surface area (Å²) in [4.78, 5) is 16.0. The number of rotatable bonds is 1. The summed E-state index contributed by atoms with van der Waals surface area (Å²) in [5.74, 6) is 6.12. The molecule has 0 spiro atoms. The fourth-order valence-corrected chi connectivity index (χ4v) is 3.25. The van der Waals surface area contributed by atoms with Crippen molar-refractivity contribution in [1.29, 1.82) is 0 Å². The Kier molecular flexibility index (Phi) is 4.62. The van der Waals surface area contributed by atoms with E-state index in [9.17, 15) is 4.79 Å². The van der Waals surface area contributed by atoms with Crippen molar-refractivity contribution in [2.75, 3.05) is 13.2 Å². The van der Waals surface area contributed by atoms with Gasteiger partial charge >= 0.3 is 0 Å². The molecule has 1 aromatic heterocycles. The van der Waals surface area contributed by atoms with Gasteiger partial charge in [-0.15, -0.1) is 11.3 Å². The van der Waals surface area contributed by atoms with Crippen LogP contribution in [0.4, 0.5) is 0 Å². The van der Waals surface area contributed by atoms with Gasteiger partial charge in [-0.1, -0.05) is 18.8 Å². The highest BCUT2D eigenvalue weighted by atomic mass is 32.1. The maximum Gasteiger partial charge on any atom is 0.264 e. The number of aliphatic hydroxyl groups excluding tert-OH is 1. The van der Waals surface area contributed by atoms with Gasteiger partial charge in [0.05, 0.1) is 9.75 Å². The van der Waals surface area contributed by atoms with Gasteiger partial charge in [-0.05, 0) is 37.8 Å². The minimum Gasteiger partial charge on any atom is -0.384 e. The smallest absolute Gasteiger partial charge is 0.264 e. The Bertz CT molecular complexity index is 512. The van der Waals surface area contributed by atoms with E-state index in [0.29, 0.717) is 12.0 Å². The SMILES string of the molecule is CC1CCCN(C(=O)c2ccc(C#CCO)s2)C1C. The number of hydrogen-bond acceptors (Lipinski definition) is 3. The maximum absolute atomic E-state index is 12.5. The molecule has 19 heavy (non-hydrogen) atoms. The zero-order valence-corrected chi connectivity index (χ0v) is 12.2. The van der Waals surface area contributed by atoms with Gasteiger partial charge in [-0.2, -0.15) is 0 Å². The molecule has 2 heterocycles. The van der Waals surface area contributed by atoms with Crippen LogP contribution < -0.4 is 0 Å².